The van der Waals surface area contributed by atoms with E-state index in [-0.39, 0.29) is 6.03 Å². The van der Waals surface area contributed by atoms with Crippen molar-refractivity contribution in [1.29, 1.82) is 0 Å². The Morgan fingerprint density at radius 2 is 1.94 bits per heavy atom. The molecule has 1 aliphatic heterocycles. The SMILES string of the molecule is CC1CC(c2ccccc2)CN1C(=O)N(C)C. The number of carbonyl (C=O) groups excluding carboxylic acids is 1. The number of hydrogen-bond acceptors (Lipinski definition) is 1. The number of amides is 2. The first-order chi connectivity index (χ1) is 8.09. The van der Waals surface area contributed by atoms with Gasteiger partial charge in [-0.2, -0.15) is 0 Å². The third-order valence-corrected chi connectivity index (χ3v) is 3.47. The van der Waals surface area contributed by atoms with E-state index in [4.69, 9.17) is 0 Å². The molecule has 1 heterocycles. The normalized spacial score (nSPS) is 23.8. The van der Waals surface area contributed by atoms with Gasteiger partial charge in [0.2, 0.25) is 0 Å². The van der Waals surface area contributed by atoms with Crippen LogP contribution in [-0.4, -0.2) is 42.5 Å². The van der Waals surface area contributed by atoms with Gasteiger partial charge in [0.05, 0.1) is 0 Å². The van der Waals surface area contributed by atoms with Gasteiger partial charge < -0.3 is 9.80 Å². The maximum absolute atomic E-state index is 12.0. The maximum Gasteiger partial charge on any atom is 0.319 e. The molecule has 0 aliphatic carbocycles. The van der Waals surface area contributed by atoms with E-state index in [1.54, 1.807) is 4.90 Å². The van der Waals surface area contributed by atoms with Gasteiger partial charge in [0.1, 0.15) is 0 Å². The van der Waals surface area contributed by atoms with Crippen molar-refractivity contribution in [2.45, 2.75) is 25.3 Å². The van der Waals surface area contributed by atoms with Crippen molar-refractivity contribution in [3.8, 4) is 0 Å². The van der Waals surface area contributed by atoms with Crippen LogP contribution in [0.2, 0.25) is 0 Å². The number of nitrogens with zero attached hydrogens (tertiary/aromatic N) is 2. The fourth-order valence-electron chi connectivity index (χ4n) is 2.52. The Balaban J connectivity index is 2.10. The second kappa shape index (κ2) is 4.78. The lowest BCUT2D eigenvalue weighted by Crippen LogP contribution is -2.41. The number of urea groups is 1. The lowest BCUT2D eigenvalue weighted by Gasteiger charge is -2.25. The fraction of sp³-hybridized carbons (Fsp3) is 0.500. The summed E-state index contributed by atoms with van der Waals surface area (Å²) < 4.78 is 0. The summed E-state index contributed by atoms with van der Waals surface area (Å²) in [6, 6.07) is 10.9. The number of benzene rings is 1. The smallest absolute Gasteiger partial charge is 0.319 e. The van der Waals surface area contributed by atoms with Gasteiger partial charge >= 0.3 is 6.03 Å². The molecule has 0 saturated carbocycles. The highest BCUT2D eigenvalue weighted by atomic mass is 16.2. The average Bonchev–Trinajstić information content (AvgIpc) is 2.71. The lowest BCUT2D eigenvalue weighted by atomic mass is 9.97. The van der Waals surface area contributed by atoms with E-state index < -0.39 is 0 Å². The second-order valence-electron chi connectivity index (χ2n) is 5.02. The van der Waals surface area contributed by atoms with E-state index in [9.17, 15) is 4.79 Å². The monoisotopic (exact) mass is 232 g/mol. The minimum Gasteiger partial charge on any atom is -0.331 e. The zero-order chi connectivity index (χ0) is 12.4. The first-order valence-corrected chi connectivity index (χ1v) is 6.12. The molecule has 1 aromatic rings. The molecule has 0 aromatic heterocycles. The van der Waals surface area contributed by atoms with Crippen LogP contribution in [-0.2, 0) is 0 Å². The topological polar surface area (TPSA) is 23.6 Å². The summed E-state index contributed by atoms with van der Waals surface area (Å²) in [4.78, 5) is 15.6. The molecule has 92 valence electrons. The molecule has 0 bridgehead atoms. The van der Waals surface area contributed by atoms with E-state index in [0.29, 0.717) is 12.0 Å². The Bertz CT molecular complexity index is 388. The van der Waals surface area contributed by atoms with Gasteiger partial charge in [0.25, 0.3) is 0 Å². The van der Waals surface area contributed by atoms with Crippen LogP contribution in [0.4, 0.5) is 4.79 Å². The quantitative estimate of drug-likeness (QED) is 0.730. The van der Waals surface area contributed by atoms with Gasteiger partial charge in [0.15, 0.2) is 0 Å². The van der Waals surface area contributed by atoms with Crippen molar-refractivity contribution in [2.24, 2.45) is 0 Å². The minimum atomic E-state index is 0.121. The Kier molecular flexibility index (Phi) is 3.36. The predicted molar refractivity (Wildman–Crippen MR) is 69.1 cm³/mol. The lowest BCUT2D eigenvalue weighted by molar-refractivity contribution is 0.169. The molecule has 3 heteroatoms. The van der Waals surface area contributed by atoms with Gasteiger partial charge in [0, 0.05) is 32.6 Å². The van der Waals surface area contributed by atoms with Gasteiger partial charge in [-0.25, -0.2) is 4.79 Å². The number of rotatable bonds is 1. The van der Waals surface area contributed by atoms with E-state index in [1.807, 2.05) is 25.1 Å². The van der Waals surface area contributed by atoms with E-state index in [1.165, 1.54) is 5.56 Å². The molecule has 1 saturated heterocycles. The molecule has 0 radical (unpaired) electrons. The molecule has 1 aromatic carbocycles. The highest BCUT2D eigenvalue weighted by Gasteiger charge is 2.33. The molecular weight excluding hydrogens is 212 g/mol. The van der Waals surface area contributed by atoms with E-state index in [0.717, 1.165) is 13.0 Å². The minimum absolute atomic E-state index is 0.121. The van der Waals surface area contributed by atoms with Crippen LogP contribution in [0.3, 0.4) is 0 Å². The van der Waals surface area contributed by atoms with Crippen LogP contribution < -0.4 is 0 Å². The highest BCUT2D eigenvalue weighted by molar-refractivity contribution is 5.74. The standard InChI is InChI=1S/C14H20N2O/c1-11-9-13(12-7-5-4-6-8-12)10-16(11)14(17)15(2)3/h4-8,11,13H,9-10H2,1-3H3. The molecule has 1 aliphatic rings. The van der Waals surface area contributed by atoms with Crippen molar-refractivity contribution >= 4 is 6.03 Å². The molecular formula is C14H20N2O. The Labute approximate surface area is 103 Å². The van der Waals surface area contributed by atoms with Gasteiger partial charge in [-0.3, -0.25) is 0 Å². The first kappa shape index (κ1) is 12.0. The summed E-state index contributed by atoms with van der Waals surface area (Å²) in [6.07, 6.45) is 1.06. The van der Waals surface area contributed by atoms with Crippen LogP contribution in [0.1, 0.15) is 24.8 Å². The molecule has 2 amide bonds. The first-order valence-electron chi connectivity index (χ1n) is 6.12. The van der Waals surface area contributed by atoms with Crippen molar-refractivity contribution in [2.75, 3.05) is 20.6 Å². The highest BCUT2D eigenvalue weighted by Crippen LogP contribution is 2.31. The Morgan fingerprint density at radius 1 is 1.29 bits per heavy atom. The molecule has 2 atom stereocenters. The predicted octanol–water partition coefficient (Wildman–Crippen LogP) is 2.55. The third-order valence-electron chi connectivity index (χ3n) is 3.47. The van der Waals surface area contributed by atoms with Gasteiger partial charge in [-0.1, -0.05) is 30.3 Å². The molecule has 2 unspecified atom stereocenters. The fourth-order valence-corrected chi connectivity index (χ4v) is 2.52. The molecule has 0 spiro atoms. The molecule has 17 heavy (non-hydrogen) atoms. The number of likely N-dealkylation sites (tertiary alicyclic amines) is 1. The largest absolute Gasteiger partial charge is 0.331 e. The zero-order valence-corrected chi connectivity index (χ0v) is 10.8. The van der Waals surface area contributed by atoms with Gasteiger partial charge in [-0.15, -0.1) is 0 Å². The summed E-state index contributed by atoms with van der Waals surface area (Å²) >= 11 is 0. The van der Waals surface area contributed by atoms with Crippen LogP contribution in [0.25, 0.3) is 0 Å². The van der Waals surface area contributed by atoms with Crippen molar-refractivity contribution in [3.05, 3.63) is 35.9 Å². The second-order valence-corrected chi connectivity index (χ2v) is 5.02. The molecule has 2 rings (SSSR count). The summed E-state index contributed by atoms with van der Waals surface area (Å²) in [5.41, 5.74) is 1.34. The van der Waals surface area contributed by atoms with Crippen molar-refractivity contribution < 1.29 is 4.79 Å². The summed E-state index contributed by atoms with van der Waals surface area (Å²) in [7, 11) is 3.62. The van der Waals surface area contributed by atoms with Crippen LogP contribution in [0.15, 0.2) is 30.3 Å². The molecule has 1 fully saturated rings. The zero-order valence-electron chi connectivity index (χ0n) is 10.8. The Hall–Kier alpha value is -1.51. The number of carbonyl (C=O) groups is 1. The van der Waals surface area contributed by atoms with Crippen molar-refractivity contribution in [1.82, 2.24) is 9.80 Å². The van der Waals surface area contributed by atoms with Crippen LogP contribution in [0.5, 0.6) is 0 Å². The summed E-state index contributed by atoms with van der Waals surface area (Å²) in [5.74, 6) is 0.482. The van der Waals surface area contributed by atoms with Crippen molar-refractivity contribution in [3.63, 3.8) is 0 Å². The third kappa shape index (κ3) is 2.43. The van der Waals surface area contributed by atoms with Gasteiger partial charge in [-0.05, 0) is 18.9 Å². The molecule has 3 nitrogen and oxygen atoms in total. The van der Waals surface area contributed by atoms with Crippen LogP contribution in [0, 0.1) is 0 Å². The Morgan fingerprint density at radius 3 is 2.53 bits per heavy atom. The molecule has 0 N–H and O–H groups in total. The summed E-state index contributed by atoms with van der Waals surface area (Å²) in [5, 5.41) is 0. The maximum atomic E-state index is 12.0. The van der Waals surface area contributed by atoms with Crippen LogP contribution >= 0.6 is 0 Å². The van der Waals surface area contributed by atoms with E-state index >= 15 is 0 Å². The average molecular weight is 232 g/mol. The van der Waals surface area contributed by atoms with E-state index in [2.05, 4.69) is 31.2 Å². The number of hydrogen-bond donors (Lipinski definition) is 0. The summed E-state index contributed by atoms with van der Waals surface area (Å²) in [6.45, 7) is 2.96.